The van der Waals surface area contributed by atoms with Gasteiger partial charge >= 0.3 is 0 Å². The van der Waals surface area contributed by atoms with Crippen LogP contribution < -0.4 is 5.73 Å². The van der Waals surface area contributed by atoms with Crippen LogP contribution in [0, 0.1) is 0 Å². The van der Waals surface area contributed by atoms with Gasteiger partial charge in [0.15, 0.2) is 0 Å². The fourth-order valence-electron chi connectivity index (χ4n) is 1.23. The van der Waals surface area contributed by atoms with Gasteiger partial charge in [-0.2, -0.15) is 0 Å². The predicted octanol–water partition coefficient (Wildman–Crippen LogP) is 2.30. The molecule has 0 aliphatic heterocycles. The number of nitrogens with zero attached hydrogens (tertiary/aromatic N) is 2. The Balaban J connectivity index is 0.000000170. The molecule has 5 heteroatoms. The van der Waals surface area contributed by atoms with Gasteiger partial charge in [0, 0.05) is 24.0 Å². The third kappa shape index (κ3) is 6.11. The lowest BCUT2D eigenvalue weighted by molar-refractivity contribution is -0.113. The van der Waals surface area contributed by atoms with E-state index in [1.54, 1.807) is 18.7 Å². The summed E-state index contributed by atoms with van der Waals surface area (Å²) in [6.07, 6.45) is 7.95. The molecule has 3 aromatic rings. The van der Waals surface area contributed by atoms with E-state index in [1.165, 1.54) is 5.39 Å². The summed E-state index contributed by atoms with van der Waals surface area (Å²) >= 11 is 0. The number of para-hydroxylation sites is 1. The molecule has 0 radical (unpaired) electrons. The van der Waals surface area contributed by atoms with Crippen molar-refractivity contribution in [3.05, 3.63) is 74.0 Å². The zero-order valence-electron chi connectivity index (χ0n) is 10.9. The van der Waals surface area contributed by atoms with E-state index in [9.17, 15) is 4.79 Å². The maximum atomic E-state index is 9.47. The number of imidazole rings is 1. The summed E-state index contributed by atoms with van der Waals surface area (Å²) in [5, 5.41) is 1.20. The van der Waals surface area contributed by atoms with Gasteiger partial charge in [-0.25, -0.2) is 4.98 Å². The molecule has 2 aromatic heterocycles. The summed E-state index contributed by atoms with van der Waals surface area (Å²) in [6.45, 7) is 3.09. The Morgan fingerprint density at radius 1 is 1.20 bits per heavy atom. The van der Waals surface area contributed by atoms with E-state index < -0.39 is 5.91 Å². The zero-order valence-corrected chi connectivity index (χ0v) is 10.9. The average Bonchev–Trinajstić information content (AvgIpc) is 3.07. The minimum atomic E-state index is -0.481. The largest absolute Gasteiger partial charge is 0.366 e. The summed E-state index contributed by atoms with van der Waals surface area (Å²) in [5.41, 5.74) is 5.59. The van der Waals surface area contributed by atoms with Crippen LogP contribution in [0.15, 0.2) is 74.0 Å². The molecule has 0 saturated heterocycles. The van der Waals surface area contributed by atoms with Gasteiger partial charge in [-0.15, -0.1) is 0 Å². The number of aromatic nitrogens is 3. The second-order valence-corrected chi connectivity index (χ2v) is 3.56. The normalized spacial score (nSPS) is 8.60. The van der Waals surface area contributed by atoms with E-state index in [2.05, 4.69) is 39.4 Å². The number of nitrogens with two attached hydrogens (primary N) is 1. The maximum absolute atomic E-state index is 9.47. The first-order valence-corrected chi connectivity index (χ1v) is 5.88. The molecule has 1 aromatic carbocycles. The van der Waals surface area contributed by atoms with Crippen LogP contribution in [0.5, 0.6) is 0 Å². The Morgan fingerprint density at radius 2 is 1.90 bits per heavy atom. The van der Waals surface area contributed by atoms with Gasteiger partial charge in [-0.05, 0) is 18.2 Å². The molecule has 5 nitrogen and oxygen atoms in total. The highest BCUT2D eigenvalue weighted by Gasteiger charge is 1.86. The lowest BCUT2D eigenvalue weighted by Crippen LogP contribution is -2.04. The van der Waals surface area contributed by atoms with Crippen molar-refractivity contribution in [1.29, 1.82) is 0 Å². The topological polar surface area (TPSA) is 84.7 Å². The molecular weight excluding hydrogens is 252 g/mol. The van der Waals surface area contributed by atoms with Gasteiger partial charge in [-0.1, -0.05) is 30.8 Å². The number of fused-ring (bicyclic) bond motifs is 1. The van der Waals surface area contributed by atoms with E-state index in [4.69, 9.17) is 0 Å². The third-order valence-corrected chi connectivity index (χ3v) is 2.12. The summed E-state index contributed by atoms with van der Waals surface area (Å²) in [7, 11) is 0. The molecule has 3 rings (SSSR count). The molecule has 20 heavy (non-hydrogen) atoms. The maximum Gasteiger partial charge on any atom is 0.240 e. The molecule has 0 spiro atoms. The van der Waals surface area contributed by atoms with Gasteiger partial charge in [0.05, 0.1) is 11.8 Å². The fraction of sp³-hybridized carbons (Fsp3) is 0. The number of hydrogen-bond donors (Lipinski definition) is 2. The number of primary amides is 1. The van der Waals surface area contributed by atoms with Crippen molar-refractivity contribution in [2.75, 3.05) is 0 Å². The number of hydrogen-bond acceptors (Lipinski definition) is 3. The Kier molecular flexibility index (Phi) is 6.83. The second-order valence-electron chi connectivity index (χ2n) is 3.56. The van der Waals surface area contributed by atoms with Crippen LogP contribution in [0.25, 0.3) is 10.9 Å². The number of nitrogens with one attached hydrogen (secondary N) is 1. The van der Waals surface area contributed by atoms with Crippen molar-refractivity contribution < 1.29 is 4.79 Å². The summed E-state index contributed by atoms with van der Waals surface area (Å²) < 4.78 is 0. The third-order valence-electron chi connectivity index (χ3n) is 2.12. The molecule has 0 bridgehead atoms. The van der Waals surface area contributed by atoms with E-state index in [-0.39, 0.29) is 0 Å². The van der Waals surface area contributed by atoms with E-state index in [0.717, 1.165) is 11.6 Å². The molecule has 102 valence electrons. The highest BCUT2D eigenvalue weighted by Crippen LogP contribution is 2.07. The molecule has 0 aliphatic carbocycles. The molecular formula is C15H16N4O. The number of amides is 1. The van der Waals surface area contributed by atoms with Crippen molar-refractivity contribution in [2.45, 2.75) is 0 Å². The Hall–Kier alpha value is -2.95. The van der Waals surface area contributed by atoms with Crippen molar-refractivity contribution in [1.82, 2.24) is 15.0 Å². The first kappa shape index (κ1) is 15.1. The van der Waals surface area contributed by atoms with Crippen LogP contribution in [-0.4, -0.2) is 20.9 Å². The molecule has 0 atom stereocenters. The number of pyridine rings is 1. The lowest BCUT2D eigenvalue weighted by Gasteiger charge is -1.91. The first-order valence-electron chi connectivity index (χ1n) is 5.88. The SMILES string of the molecule is C=CC(N)=O.c1c[nH]cn1.c1ccc2ncccc2c1. The Bertz CT molecular complexity index is 552. The van der Waals surface area contributed by atoms with Crippen molar-refractivity contribution in [3.63, 3.8) is 0 Å². The van der Waals surface area contributed by atoms with Gasteiger partial charge < -0.3 is 10.7 Å². The van der Waals surface area contributed by atoms with Crippen LogP contribution in [0.1, 0.15) is 0 Å². The summed E-state index contributed by atoms with van der Waals surface area (Å²) in [5.74, 6) is -0.481. The lowest BCUT2D eigenvalue weighted by atomic mass is 10.2. The van der Waals surface area contributed by atoms with Crippen LogP contribution in [0.3, 0.4) is 0 Å². The molecule has 0 unspecified atom stereocenters. The fourth-order valence-corrected chi connectivity index (χ4v) is 1.23. The second kappa shape index (κ2) is 9.04. The number of carbonyl (C=O) groups is 1. The van der Waals surface area contributed by atoms with Crippen molar-refractivity contribution in [3.8, 4) is 0 Å². The Morgan fingerprint density at radius 3 is 2.40 bits per heavy atom. The summed E-state index contributed by atoms with van der Waals surface area (Å²) in [4.78, 5) is 20.1. The van der Waals surface area contributed by atoms with E-state index >= 15 is 0 Å². The average molecular weight is 268 g/mol. The molecule has 0 aliphatic rings. The highest BCUT2D eigenvalue weighted by atomic mass is 16.1. The standard InChI is InChI=1S/C9H7N.C3H4N2.C3H5NO/c1-2-6-9-8(4-1)5-3-7-10-9;1-2-5-3-4-1;1-2-3(4)5/h1-7H;1-3H,(H,4,5);2H,1H2,(H2,4,5). The first-order chi connectivity index (χ1) is 9.74. The van der Waals surface area contributed by atoms with Crippen LogP contribution in [0.2, 0.25) is 0 Å². The van der Waals surface area contributed by atoms with E-state index in [0.29, 0.717) is 0 Å². The molecule has 2 heterocycles. The molecule has 0 fully saturated rings. The molecule has 0 saturated carbocycles. The molecule has 3 N–H and O–H groups in total. The van der Waals surface area contributed by atoms with Crippen molar-refractivity contribution >= 4 is 16.8 Å². The van der Waals surface area contributed by atoms with E-state index in [1.807, 2.05) is 30.5 Å². The number of benzene rings is 1. The number of H-pyrrole nitrogens is 1. The minimum Gasteiger partial charge on any atom is -0.366 e. The van der Waals surface area contributed by atoms with Crippen molar-refractivity contribution in [2.24, 2.45) is 5.73 Å². The minimum absolute atomic E-state index is 0.481. The van der Waals surface area contributed by atoms with Gasteiger partial charge in [0.1, 0.15) is 0 Å². The number of carbonyl (C=O) groups excluding carboxylic acids is 1. The summed E-state index contributed by atoms with van der Waals surface area (Å²) in [6, 6.07) is 12.1. The zero-order chi connectivity index (χ0) is 14.6. The molecule has 1 amide bonds. The number of aromatic amines is 1. The van der Waals surface area contributed by atoms with Crippen LogP contribution in [0.4, 0.5) is 0 Å². The quantitative estimate of drug-likeness (QED) is 0.664. The Labute approximate surface area is 117 Å². The van der Waals surface area contributed by atoms with Gasteiger partial charge in [0.2, 0.25) is 5.91 Å². The predicted molar refractivity (Wildman–Crippen MR) is 79.7 cm³/mol. The number of rotatable bonds is 1. The highest BCUT2D eigenvalue weighted by molar-refractivity contribution is 5.85. The smallest absolute Gasteiger partial charge is 0.240 e. The van der Waals surface area contributed by atoms with Gasteiger partial charge in [0.25, 0.3) is 0 Å². The monoisotopic (exact) mass is 268 g/mol. The van der Waals surface area contributed by atoms with Crippen LogP contribution in [-0.2, 0) is 4.79 Å². The van der Waals surface area contributed by atoms with Crippen LogP contribution >= 0.6 is 0 Å². The van der Waals surface area contributed by atoms with Gasteiger partial charge in [-0.3, -0.25) is 9.78 Å².